The first kappa shape index (κ1) is 15.9. The molecule has 0 heterocycles. The van der Waals surface area contributed by atoms with Crippen LogP contribution >= 0.6 is 23.2 Å². The van der Waals surface area contributed by atoms with E-state index in [1.54, 1.807) is 25.1 Å². The summed E-state index contributed by atoms with van der Waals surface area (Å²) in [5.74, 6) is -0.420. The molecule has 1 saturated carbocycles. The fourth-order valence-electron chi connectivity index (χ4n) is 1.88. The number of nitrogens with one attached hydrogen (secondary N) is 1. The van der Waals surface area contributed by atoms with Crippen LogP contribution in [0.25, 0.3) is 0 Å². The fraction of sp³-hybridized carbons (Fsp3) is 0.429. The van der Waals surface area contributed by atoms with E-state index in [0.29, 0.717) is 22.3 Å². The van der Waals surface area contributed by atoms with Crippen molar-refractivity contribution < 1.29 is 14.3 Å². The van der Waals surface area contributed by atoms with Gasteiger partial charge in [-0.2, -0.15) is 0 Å². The van der Waals surface area contributed by atoms with Crippen LogP contribution in [0, 0.1) is 0 Å². The van der Waals surface area contributed by atoms with Gasteiger partial charge in [0.05, 0.1) is 17.3 Å². The molecule has 0 spiro atoms. The predicted molar refractivity (Wildman–Crippen MR) is 81.8 cm³/mol. The molecule has 21 heavy (non-hydrogen) atoms. The van der Waals surface area contributed by atoms with E-state index in [4.69, 9.17) is 27.9 Å². The molecule has 2 amide bonds. The van der Waals surface area contributed by atoms with Crippen molar-refractivity contribution in [2.75, 3.05) is 18.5 Å². The molecule has 114 valence electrons. The number of nitrogens with zero attached hydrogens (tertiary/aromatic N) is 1. The van der Waals surface area contributed by atoms with Gasteiger partial charge < -0.3 is 15.0 Å². The van der Waals surface area contributed by atoms with E-state index in [2.05, 4.69) is 5.32 Å². The lowest BCUT2D eigenvalue weighted by Crippen LogP contribution is -2.41. The van der Waals surface area contributed by atoms with Gasteiger partial charge in [0.25, 0.3) is 0 Å². The maximum atomic E-state index is 12.3. The zero-order chi connectivity index (χ0) is 15.4. The molecule has 0 aromatic heterocycles. The van der Waals surface area contributed by atoms with E-state index in [9.17, 15) is 9.59 Å². The second-order valence-corrected chi connectivity index (χ2v) is 5.56. The summed E-state index contributed by atoms with van der Waals surface area (Å²) >= 11 is 11.9. The zero-order valence-corrected chi connectivity index (χ0v) is 13.1. The summed E-state index contributed by atoms with van der Waals surface area (Å²) in [5, 5.41) is 3.54. The van der Waals surface area contributed by atoms with Gasteiger partial charge in [0.15, 0.2) is 0 Å². The van der Waals surface area contributed by atoms with Gasteiger partial charge in [-0.3, -0.25) is 4.79 Å². The molecule has 1 fully saturated rings. The first-order valence-corrected chi connectivity index (χ1v) is 7.45. The van der Waals surface area contributed by atoms with Crippen LogP contribution in [-0.2, 0) is 9.53 Å². The van der Waals surface area contributed by atoms with Crippen molar-refractivity contribution in [1.29, 1.82) is 0 Å². The molecule has 5 nitrogen and oxygen atoms in total. The summed E-state index contributed by atoms with van der Waals surface area (Å²) < 4.78 is 4.89. The van der Waals surface area contributed by atoms with Gasteiger partial charge >= 0.3 is 12.0 Å². The minimum Gasteiger partial charge on any atom is -0.465 e. The number of carbonyl (C=O) groups excluding carboxylic acids is 2. The minimum atomic E-state index is -0.420. The van der Waals surface area contributed by atoms with E-state index >= 15 is 0 Å². The van der Waals surface area contributed by atoms with Crippen LogP contribution in [0.5, 0.6) is 0 Å². The van der Waals surface area contributed by atoms with Crippen molar-refractivity contribution in [3.8, 4) is 0 Å². The summed E-state index contributed by atoms with van der Waals surface area (Å²) in [5.41, 5.74) is 0.420. The molecule has 0 atom stereocenters. The Labute approximate surface area is 133 Å². The molecule has 0 radical (unpaired) electrons. The van der Waals surface area contributed by atoms with E-state index < -0.39 is 5.97 Å². The molecule has 2 rings (SSSR count). The number of hydrogen-bond acceptors (Lipinski definition) is 3. The highest BCUT2D eigenvalue weighted by Crippen LogP contribution is 2.29. The smallest absolute Gasteiger partial charge is 0.325 e. The first-order chi connectivity index (χ1) is 10.0. The highest BCUT2D eigenvalue weighted by atomic mass is 35.5. The number of esters is 1. The van der Waals surface area contributed by atoms with Gasteiger partial charge in [0.2, 0.25) is 0 Å². The van der Waals surface area contributed by atoms with Crippen molar-refractivity contribution in [1.82, 2.24) is 4.90 Å². The average Bonchev–Trinajstić information content (AvgIpc) is 3.25. The summed E-state index contributed by atoms with van der Waals surface area (Å²) in [7, 11) is 0. The lowest BCUT2D eigenvalue weighted by molar-refractivity contribution is -0.143. The lowest BCUT2D eigenvalue weighted by atomic mass is 10.3. The lowest BCUT2D eigenvalue weighted by Gasteiger charge is -2.22. The third-order valence-electron chi connectivity index (χ3n) is 3.02. The number of benzene rings is 1. The fourth-order valence-corrected chi connectivity index (χ4v) is 2.22. The Hall–Kier alpha value is -1.46. The normalized spacial score (nSPS) is 13.7. The molecule has 7 heteroatoms. The molecule has 0 unspecified atom stereocenters. The predicted octanol–water partition coefficient (Wildman–Crippen LogP) is 3.55. The molecule has 1 aliphatic carbocycles. The molecular formula is C14H16Cl2N2O3. The van der Waals surface area contributed by atoms with Crippen LogP contribution in [-0.4, -0.2) is 36.1 Å². The number of carbonyl (C=O) groups is 2. The van der Waals surface area contributed by atoms with E-state index in [-0.39, 0.29) is 18.6 Å². The van der Waals surface area contributed by atoms with Gasteiger partial charge in [-0.1, -0.05) is 23.2 Å². The highest BCUT2D eigenvalue weighted by molar-refractivity contribution is 6.35. The van der Waals surface area contributed by atoms with Crippen molar-refractivity contribution in [2.45, 2.75) is 25.8 Å². The molecule has 1 aliphatic rings. The summed E-state index contributed by atoms with van der Waals surface area (Å²) in [6, 6.07) is 4.50. The molecule has 0 aliphatic heterocycles. The van der Waals surface area contributed by atoms with Gasteiger partial charge in [-0.15, -0.1) is 0 Å². The van der Waals surface area contributed by atoms with Crippen molar-refractivity contribution in [3.05, 3.63) is 28.2 Å². The number of halogens is 2. The summed E-state index contributed by atoms with van der Waals surface area (Å²) in [6.07, 6.45) is 1.77. The Morgan fingerprint density at radius 2 is 2.10 bits per heavy atom. The second kappa shape index (κ2) is 7.00. The first-order valence-electron chi connectivity index (χ1n) is 6.69. The van der Waals surface area contributed by atoms with Crippen LogP contribution in [0.4, 0.5) is 10.5 Å². The highest BCUT2D eigenvalue weighted by Gasteiger charge is 2.34. The quantitative estimate of drug-likeness (QED) is 0.840. The van der Waals surface area contributed by atoms with Gasteiger partial charge in [0, 0.05) is 11.1 Å². The summed E-state index contributed by atoms with van der Waals surface area (Å²) in [4.78, 5) is 25.3. The largest absolute Gasteiger partial charge is 0.465 e. The molecular weight excluding hydrogens is 315 g/mol. The Balaban J connectivity index is 2.05. The standard InChI is InChI=1S/C14H16Cl2N2O3/c1-2-21-13(19)8-18(10-4-5-10)14(20)17-12-7-9(15)3-6-11(12)16/h3,6-7,10H,2,4-5,8H2,1H3,(H,17,20). The van der Waals surface area contributed by atoms with E-state index in [1.165, 1.54) is 4.90 Å². The molecule has 0 bridgehead atoms. The Bertz CT molecular complexity index is 547. The van der Waals surface area contributed by atoms with Gasteiger partial charge in [0.1, 0.15) is 6.54 Å². The third kappa shape index (κ3) is 4.51. The molecule has 1 aromatic carbocycles. The summed E-state index contributed by atoms with van der Waals surface area (Å²) in [6.45, 7) is 1.95. The maximum absolute atomic E-state index is 12.3. The van der Waals surface area contributed by atoms with Gasteiger partial charge in [-0.25, -0.2) is 4.79 Å². The number of rotatable bonds is 5. The number of anilines is 1. The molecule has 1 N–H and O–H groups in total. The third-order valence-corrected chi connectivity index (χ3v) is 3.59. The number of amides is 2. The van der Waals surface area contributed by atoms with E-state index in [0.717, 1.165) is 12.8 Å². The molecule has 1 aromatic rings. The van der Waals surface area contributed by atoms with Crippen LogP contribution < -0.4 is 5.32 Å². The molecule has 0 saturated heterocycles. The zero-order valence-electron chi connectivity index (χ0n) is 11.6. The number of hydrogen-bond donors (Lipinski definition) is 1. The van der Waals surface area contributed by atoms with Crippen molar-refractivity contribution >= 4 is 40.9 Å². The van der Waals surface area contributed by atoms with Crippen molar-refractivity contribution in [3.63, 3.8) is 0 Å². The minimum absolute atomic E-state index is 0.0669. The monoisotopic (exact) mass is 330 g/mol. The Morgan fingerprint density at radius 3 is 2.71 bits per heavy atom. The van der Waals surface area contributed by atoms with Crippen LogP contribution in [0.3, 0.4) is 0 Å². The van der Waals surface area contributed by atoms with Crippen molar-refractivity contribution in [2.24, 2.45) is 0 Å². The maximum Gasteiger partial charge on any atom is 0.325 e. The Kier molecular flexibility index (Phi) is 5.31. The Morgan fingerprint density at radius 1 is 1.38 bits per heavy atom. The topological polar surface area (TPSA) is 58.6 Å². The number of urea groups is 1. The average molecular weight is 331 g/mol. The van der Waals surface area contributed by atoms with Crippen LogP contribution in [0.1, 0.15) is 19.8 Å². The second-order valence-electron chi connectivity index (χ2n) is 4.72. The van der Waals surface area contributed by atoms with Crippen LogP contribution in [0.15, 0.2) is 18.2 Å². The van der Waals surface area contributed by atoms with Gasteiger partial charge in [-0.05, 0) is 38.0 Å². The van der Waals surface area contributed by atoms with Crippen LogP contribution in [0.2, 0.25) is 10.0 Å². The van der Waals surface area contributed by atoms with E-state index in [1.807, 2.05) is 0 Å². The number of ether oxygens (including phenoxy) is 1. The SMILES string of the molecule is CCOC(=O)CN(C(=O)Nc1cc(Cl)ccc1Cl)C1CC1.